The van der Waals surface area contributed by atoms with E-state index >= 15 is 0 Å². The van der Waals surface area contributed by atoms with Crippen LogP contribution in [0.4, 0.5) is 0 Å². The van der Waals surface area contributed by atoms with E-state index in [9.17, 15) is 0 Å². The quantitative estimate of drug-likeness (QED) is 0.672. The van der Waals surface area contributed by atoms with Crippen molar-refractivity contribution < 1.29 is 0 Å². The Morgan fingerprint density at radius 3 is 2.73 bits per heavy atom. The number of hydrogen-bond donors (Lipinski definition) is 2. The van der Waals surface area contributed by atoms with Gasteiger partial charge in [0.2, 0.25) is 0 Å². The number of aromatic nitrogens is 3. The first-order valence-electron chi connectivity index (χ1n) is 7.00. The van der Waals surface area contributed by atoms with Gasteiger partial charge in [-0.3, -0.25) is 0 Å². The average Bonchev–Trinajstić information content (AvgIpc) is 2.82. The molecule has 22 heavy (non-hydrogen) atoms. The van der Waals surface area contributed by atoms with Crippen molar-refractivity contribution in [3.8, 4) is 5.82 Å². The third-order valence-corrected chi connectivity index (χ3v) is 2.98. The van der Waals surface area contributed by atoms with Crippen LogP contribution in [-0.2, 0) is 6.54 Å². The Bertz CT molecular complexity index is 684. The maximum atomic E-state index is 5.93. The maximum absolute atomic E-state index is 5.93. The van der Waals surface area contributed by atoms with Crippen LogP contribution < -0.4 is 11.1 Å². The molecule has 0 aromatic carbocycles. The lowest BCUT2D eigenvalue weighted by Crippen LogP contribution is -2.45. The number of nitrogens with zero attached hydrogens (tertiary/aromatic N) is 4. The van der Waals surface area contributed by atoms with E-state index in [0.717, 1.165) is 11.3 Å². The summed E-state index contributed by atoms with van der Waals surface area (Å²) in [6.07, 6.45) is 3.29. The minimum absolute atomic E-state index is 0.128. The van der Waals surface area contributed by atoms with Crippen molar-refractivity contribution in [2.45, 2.75) is 39.8 Å². The van der Waals surface area contributed by atoms with Gasteiger partial charge in [0.15, 0.2) is 11.8 Å². The van der Waals surface area contributed by atoms with Gasteiger partial charge in [0.25, 0.3) is 0 Å². The SMILES string of the molecule is Cc1ccc(CN=C(N)NC(C)(C)C)c(-n2cc(Cl)cn2)n1. The summed E-state index contributed by atoms with van der Waals surface area (Å²) in [6, 6.07) is 3.91. The van der Waals surface area contributed by atoms with Gasteiger partial charge >= 0.3 is 0 Å². The molecule has 0 fully saturated rings. The summed E-state index contributed by atoms with van der Waals surface area (Å²) < 4.78 is 1.65. The molecule has 0 saturated heterocycles. The van der Waals surface area contributed by atoms with Crippen LogP contribution >= 0.6 is 11.6 Å². The fourth-order valence-corrected chi connectivity index (χ4v) is 2.04. The fraction of sp³-hybridized carbons (Fsp3) is 0.400. The van der Waals surface area contributed by atoms with Gasteiger partial charge in [0.1, 0.15) is 0 Å². The Kier molecular flexibility index (Phi) is 4.71. The number of pyridine rings is 1. The summed E-state index contributed by atoms with van der Waals surface area (Å²) in [6.45, 7) is 8.42. The van der Waals surface area contributed by atoms with E-state index in [-0.39, 0.29) is 5.54 Å². The van der Waals surface area contributed by atoms with Gasteiger partial charge in [-0.05, 0) is 33.8 Å². The molecule has 118 valence electrons. The van der Waals surface area contributed by atoms with Gasteiger partial charge < -0.3 is 11.1 Å². The number of halogens is 1. The second-order valence-corrected chi connectivity index (χ2v) is 6.55. The van der Waals surface area contributed by atoms with Gasteiger partial charge in [-0.1, -0.05) is 17.7 Å². The summed E-state index contributed by atoms with van der Waals surface area (Å²) in [5.74, 6) is 1.11. The lowest BCUT2D eigenvalue weighted by Gasteiger charge is -2.21. The Labute approximate surface area is 135 Å². The molecule has 0 aliphatic carbocycles. The van der Waals surface area contributed by atoms with E-state index in [0.29, 0.717) is 23.3 Å². The van der Waals surface area contributed by atoms with Gasteiger partial charge in [-0.2, -0.15) is 5.10 Å². The van der Waals surface area contributed by atoms with Crippen LogP contribution in [0.15, 0.2) is 29.5 Å². The third-order valence-electron chi connectivity index (χ3n) is 2.79. The molecule has 2 heterocycles. The Morgan fingerprint density at radius 1 is 1.41 bits per heavy atom. The van der Waals surface area contributed by atoms with Crippen LogP contribution in [0.2, 0.25) is 5.02 Å². The molecule has 0 aliphatic rings. The Balaban J connectivity index is 2.26. The zero-order chi connectivity index (χ0) is 16.3. The van der Waals surface area contributed by atoms with E-state index < -0.39 is 0 Å². The molecule has 0 atom stereocenters. The highest BCUT2D eigenvalue weighted by Crippen LogP contribution is 2.16. The second kappa shape index (κ2) is 6.36. The molecule has 2 aromatic heterocycles. The molecular formula is C15H21ClN6. The van der Waals surface area contributed by atoms with Crippen molar-refractivity contribution in [1.29, 1.82) is 0 Å². The first-order valence-corrected chi connectivity index (χ1v) is 7.37. The van der Waals surface area contributed by atoms with E-state index in [1.165, 1.54) is 0 Å². The van der Waals surface area contributed by atoms with Gasteiger partial charge in [-0.15, -0.1) is 0 Å². The summed E-state index contributed by atoms with van der Waals surface area (Å²) in [7, 11) is 0. The van der Waals surface area contributed by atoms with Crippen molar-refractivity contribution in [1.82, 2.24) is 20.1 Å². The molecule has 2 rings (SSSR count). The normalized spacial score (nSPS) is 12.5. The van der Waals surface area contributed by atoms with Crippen LogP contribution in [0.25, 0.3) is 5.82 Å². The van der Waals surface area contributed by atoms with Crippen LogP contribution in [-0.4, -0.2) is 26.3 Å². The molecule has 0 unspecified atom stereocenters. The number of aliphatic imine (C=N–C) groups is 1. The third kappa shape index (κ3) is 4.46. The predicted octanol–water partition coefficient (Wildman–Crippen LogP) is 2.43. The first-order chi connectivity index (χ1) is 10.2. The monoisotopic (exact) mass is 320 g/mol. The Hall–Kier alpha value is -2.08. The topological polar surface area (TPSA) is 81.1 Å². The van der Waals surface area contributed by atoms with Crippen LogP contribution in [0.1, 0.15) is 32.0 Å². The van der Waals surface area contributed by atoms with Crippen molar-refractivity contribution in [2.75, 3.05) is 0 Å². The van der Waals surface area contributed by atoms with Crippen LogP contribution in [0.3, 0.4) is 0 Å². The minimum atomic E-state index is -0.128. The molecule has 0 saturated carbocycles. The zero-order valence-corrected chi connectivity index (χ0v) is 14.0. The van der Waals surface area contributed by atoms with Crippen molar-refractivity contribution in [2.24, 2.45) is 10.7 Å². The van der Waals surface area contributed by atoms with Gasteiger partial charge in [-0.25, -0.2) is 14.7 Å². The standard InChI is InChI=1S/C15H21ClN6/c1-10-5-6-11(7-18-14(17)21-15(2,3)4)13(20-10)22-9-12(16)8-19-22/h5-6,8-9H,7H2,1-4H3,(H3,17,18,21). The van der Waals surface area contributed by atoms with E-state index in [1.54, 1.807) is 17.1 Å². The van der Waals surface area contributed by atoms with Crippen molar-refractivity contribution >= 4 is 17.6 Å². The first kappa shape index (κ1) is 16.3. The number of aryl methyl sites for hydroxylation is 1. The van der Waals surface area contributed by atoms with Crippen molar-refractivity contribution in [3.63, 3.8) is 0 Å². The summed E-state index contributed by atoms with van der Waals surface area (Å²) >= 11 is 5.93. The molecule has 2 aromatic rings. The molecule has 3 N–H and O–H groups in total. The summed E-state index contributed by atoms with van der Waals surface area (Å²) in [5.41, 5.74) is 7.60. The molecule has 0 radical (unpaired) electrons. The largest absolute Gasteiger partial charge is 0.370 e. The molecule has 0 amide bonds. The predicted molar refractivity (Wildman–Crippen MR) is 89.3 cm³/mol. The van der Waals surface area contributed by atoms with Crippen LogP contribution in [0, 0.1) is 6.92 Å². The highest BCUT2D eigenvalue weighted by molar-refractivity contribution is 6.30. The van der Waals surface area contributed by atoms with E-state index in [2.05, 4.69) is 20.4 Å². The molecule has 0 spiro atoms. The number of rotatable bonds is 3. The van der Waals surface area contributed by atoms with Gasteiger partial charge in [0, 0.05) is 16.8 Å². The van der Waals surface area contributed by atoms with Crippen molar-refractivity contribution in [3.05, 3.63) is 40.8 Å². The smallest absolute Gasteiger partial charge is 0.189 e. The highest BCUT2D eigenvalue weighted by Gasteiger charge is 2.11. The fourth-order valence-electron chi connectivity index (χ4n) is 1.90. The van der Waals surface area contributed by atoms with E-state index in [4.69, 9.17) is 17.3 Å². The molecule has 6 nitrogen and oxygen atoms in total. The maximum Gasteiger partial charge on any atom is 0.189 e. The van der Waals surface area contributed by atoms with Crippen LogP contribution in [0.5, 0.6) is 0 Å². The highest BCUT2D eigenvalue weighted by atomic mass is 35.5. The Morgan fingerprint density at radius 2 is 2.14 bits per heavy atom. The van der Waals surface area contributed by atoms with Gasteiger partial charge in [0.05, 0.1) is 24.0 Å². The number of hydrogen-bond acceptors (Lipinski definition) is 3. The number of guanidine groups is 1. The lowest BCUT2D eigenvalue weighted by molar-refractivity contribution is 0.508. The summed E-state index contributed by atoms with van der Waals surface area (Å²) in [5, 5.41) is 7.89. The summed E-state index contributed by atoms with van der Waals surface area (Å²) in [4.78, 5) is 8.89. The minimum Gasteiger partial charge on any atom is -0.370 e. The second-order valence-electron chi connectivity index (χ2n) is 6.11. The molecule has 0 aliphatic heterocycles. The lowest BCUT2D eigenvalue weighted by atomic mass is 10.1. The number of nitrogens with two attached hydrogens (primary N) is 1. The average molecular weight is 321 g/mol. The van der Waals surface area contributed by atoms with E-state index in [1.807, 2.05) is 39.8 Å². The zero-order valence-electron chi connectivity index (χ0n) is 13.3. The molecule has 0 bridgehead atoms. The molecular weight excluding hydrogens is 300 g/mol. The molecule has 7 heteroatoms. The number of nitrogens with one attached hydrogen (secondary N) is 1.